The molecule has 0 radical (unpaired) electrons. The molecule has 0 bridgehead atoms. The first-order valence-electron chi connectivity index (χ1n) is 14.3. The smallest absolute Gasteiger partial charge is 0.164 e. The number of pyridine rings is 1. The molecule has 0 atom stereocenters. The Kier molecular flexibility index (Phi) is 6.43. The molecule has 8 aromatic rings. The normalized spacial score (nSPS) is 11.3. The molecule has 0 fully saturated rings. The van der Waals surface area contributed by atoms with E-state index in [1.165, 1.54) is 0 Å². The molecule has 0 N–H and O–H groups in total. The van der Waals surface area contributed by atoms with Gasteiger partial charge in [0.25, 0.3) is 0 Å². The second-order valence-electron chi connectivity index (χ2n) is 10.5. The molecule has 5 nitrogen and oxygen atoms in total. The average molecular weight is 586 g/mol. The molecule has 0 saturated heterocycles. The van der Waals surface area contributed by atoms with Crippen LogP contribution in [0, 0.1) is 0 Å². The summed E-state index contributed by atoms with van der Waals surface area (Å²) in [5.41, 5.74) is 6.89. The highest BCUT2D eigenvalue weighted by molar-refractivity contribution is 6.31. The van der Waals surface area contributed by atoms with Crippen LogP contribution in [-0.2, 0) is 0 Å². The molecule has 44 heavy (non-hydrogen) atoms. The third-order valence-electron chi connectivity index (χ3n) is 7.74. The molecule has 3 aromatic heterocycles. The predicted molar refractivity (Wildman–Crippen MR) is 179 cm³/mol. The maximum absolute atomic E-state index is 6.78. The zero-order valence-electron chi connectivity index (χ0n) is 23.5. The van der Waals surface area contributed by atoms with Crippen LogP contribution >= 0.6 is 11.6 Å². The highest BCUT2D eigenvalue weighted by atomic mass is 35.5. The number of para-hydroxylation sites is 1. The van der Waals surface area contributed by atoms with Crippen molar-refractivity contribution in [1.29, 1.82) is 0 Å². The Morgan fingerprint density at radius 3 is 1.70 bits per heavy atom. The molecule has 0 amide bonds. The lowest BCUT2D eigenvalue weighted by molar-refractivity contribution is 1.07. The zero-order valence-corrected chi connectivity index (χ0v) is 24.2. The van der Waals surface area contributed by atoms with E-state index in [0.29, 0.717) is 22.5 Å². The summed E-state index contributed by atoms with van der Waals surface area (Å²) in [6, 6.07) is 46.9. The van der Waals surface area contributed by atoms with Gasteiger partial charge in [0.05, 0.1) is 11.0 Å². The fraction of sp³-hybridized carbons (Fsp3) is 0. The number of nitrogens with zero attached hydrogens (tertiary/aromatic N) is 5. The minimum atomic E-state index is 0.564. The van der Waals surface area contributed by atoms with E-state index in [9.17, 15) is 0 Å². The first kappa shape index (κ1) is 26.0. The summed E-state index contributed by atoms with van der Waals surface area (Å²) in [5.74, 6) is 2.67. The van der Waals surface area contributed by atoms with E-state index < -0.39 is 0 Å². The van der Waals surface area contributed by atoms with Crippen molar-refractivity contribution < 1.29 is 0 Å². The van der Waals surface area contributed by atoms with Gasteiger partial charge in [-0.15, -0.1) is 0 Å². The summed E-state index contributed by atoms with van der Waals surface area (Å²) in [7, 11) is 0. The quantitative estimate of drug-likeness (QED) is 0.202. The molecule has 0 aliphatic rings. The first-order valence-corrected chi connectivity index (χ1v) is 14.7. The van der Waals surface area contributed by atoms with E-state index >= 15 is 0 Å². The number of aromatic nitrogens is 5. The Morgan fingerprint density at radius 2 is 1.02 bits per heavy atom. The monoisotopic (exact) mass is 585 g/mol. The highest BCUT2D eigenvalue weighted by Gasteiger charge is 2.16. The van der Waals surface area contributed by atoms with Gasteiger partial charge in [-0.3, -0.25) is 4.57 Å². The topological polar surface area (TPSA) is 56.5 Å². The number of rotatable bonds is 5. The van der Waals surface area contributed by atoms with E-state index in [4.69, 9.17) is 26.6 Å². The molecular weight excluding hydrogens is 562 g/mol. The number of benzene rings is 5. The van der Waals surface area contributed by atoms with Gasteiger partial charge < -0.3 is 0 Å². The van der Waals surface area contributed by atoms with Crippen molar-refractivity contribution in [3.63, 3.8) is 0 Å². The van der Waals surface area contributed by atoms with Gasteiger partial charge in [-0.25, -0.2) is 19.9 Å². The summed E-state index contributed by atoms with van der Waals surface area (Å²) in [5, 5.41) is 2.91. The summed E-state index contributed by atoms with van der Waals surface area (Å²) in [4.78, 5) is 19.3. The van der Waals surface area contributed by atoms with E-state index in [1.807, 2.05) is 97.2 Å². The lowest BCUT2D eigenvalue weighted by atomic mass is 10.0. The molecule has 0 unspecified atom stereocenters. The fourth-order valence-corrected chi connectivity index (χ4v) is 5.94. The maximum Gasteiger partial charge on any atom is 0.164 e. The van der Waals surface area contributed by atoms with Gasteiger partial charge in [-0.05, 0) is 59.7 Å². The number of fused-ring (bicyclic) bond motifs is 3. The minimum Gasteiger partial charge on any atom is -0.294 e. The molecule has 0 aliphatic heterocycles. The van der Waals surface area contributed by atoms with Crippen LogP contribution in [0.5, 0.6) is 0 Å². The summed E-state index contributed by atoms with van der Waals surface area (Å²) in [6.07, 6.45) is 1.82. The van der Waals surface area contributed by atoms with Crippen molar-refractivity contribution >= 4 is 33.4 Å². The molecule has 8 rings (SSSR count). The van der Waals surface area contributed by atoms with Crippen LogP contribution in [0.1, 0.15) is 0 Å². The summed E-state index contributed by atoms with van der Waals surface area (Å²) >= 11 is 6.78. The zero-order chi connectivity index (χ0) is 29.5. The maximum atomic E-state index is 6.78. The first-order chi connectivity index (χ1) is 21.7. The Balaban J connectivity index is 1.29. The molecule has 0 spiro atoms. The van der Waals surface area contributed by atoms with Crippen LogP contribution < -0.4 is 0 Å². The Bertz CT molecular complexity index is 2220. The van der Waals surface area contributed by atoms with Crippen molar-refractivity contribution in [1.82, 2.24) is 24.5 Å². The van der Waals surface area contributed by atoms with E-state index in [-0.39, 0.29) is 0 Å². The molecule has 3 heterocycles. The standard InChI is InChI=1S/C38H24ClN5/c39-30-22-28(27-18-19-34-32(24-27)31-15-7-8-16-33(31)44(34)35-17-9-10-20-40-35)21-29(23-30)38-42-36(25-11-3-1-4-12-25)41-37(43-38)26-13-5-2-6-14-26/h1-24H. The van der Waals surface area contributed by atoms with Crippen LogP contribution in [0.15, 0.2) is 146 Å². The van der Waals surface area contributed by atoms with E-state index in [0.717, 1.165) is 55.4 Å². The Hall–Kier alpha value is -5.65. The van der Waals surface area contributed by atoms with Crippen LogP contribution in [-0.4, -0.2) is 24.5 Å². The molecule has 0 aliphatic carbocycles. The van der Waals surface area contributed by atoms with Gasteiger partial charge in [0, 0.05) is 38.7 Å². The number of hydrogen-bond acceptors (Lipinski definition) is 4. The van der Waals surface area contributed by atoms with E-state index in [1.54, 1.807) is 0 Å². The van der Waals surface area contributed by atoms with Gasteiger partial charge in [-0.2, -0.15) is 0 Å². The SMILES string of the molecule is Clc1cc(-c2ccc3c(c2)c2ccccc2n3-c2ccccn2)cc(-c2nc(-c3ccccc3)nc(-c3ccccc3)n2)c1. The van der Waals surface area contributed by atoms with Crippen molar-refractivity contribution in [2.45, 2.75) is 0 Å². The minimum absolute atomic E-state index is 0.564. The molecule has 0 saturated carbocycles. The van der Waals surface area contributed by atoms with Crippen molar-refractivity contribution in [2.24, 2.45) is 0 Å². The van der Waals surface area contributed by atoms with Gasteiger partial charge in [-0.1, -0.05) is 103 Å². The van der Waals surface area contributed by atoms with Gasteiger partial charge >= 0.3 is 0 Å². The largest absolute Gasteiger partial charge is 0.294 e. The Labute approximate surface area is 259 Å². The molecule has 6 heteroatoms. The Morgan fingerprint density at radius 1 is 0.432 bits per heavy atom. The van der Waals surface area contributed by atoms with Crippen LogP contribution in [0.4, 0.5) is 0 Å². The lowest BCUT2D eigenvalue weighted by Crippen LogP contribution is -2.00. The lowest BCUT2D eigenvalue weighted by Gasteiger charge is -2.11. The third kappa shape index (κ3) is 4.70. The number of hydrogen-bond donors (Lipinski definition) is 0. The molecule has 208 valence electrons. The summed E-state index contributed by atoms with van der Waals surface area (Å²) < 4.78 is 2.21. The van der Waals surface area contributed by atoms with Crippen LogP contribution in [0.3, 0.4) is 0 Å². The van der Waals surface area contributed by atoms with Crippen LogP contribution in [0.2, 0.25) is 5.02 Å². The second kappa shape index (κ2) is 10.9. The van der Waals surface area contributed by atoms with Crippen molar-refractivity contribution in [3.05, 3.63) is 151 Å². The van der Waals surface area contributed by atoms with Crippen molar-refractivity contribution in [2.75, 3.05) is 0 Å². The highest BCUT2D eigenvalue weighted by Crippen LogP contribution is 2.36. The third-order valence-corrected chi connectivity index (χ3v) is 7.96. The van der Waals surface area contributed by atoms with Crippen molar-refractivity contribution in [3.8, 4) is 51.1 Å². The molecular formula is C38H24ClN5. The van der Waals surface area contributed by atoms with Gasteiger partial charge in [0.2, 0.25) is 0 Å². The van der Waals surface area contributed by atoms with Gasteiger partial charge in [0.15, 0.2) is 17.5 Å². The second-order valence-corrected chi connectivity index (χ2v) is 11.0. The molecule has 5 aromatic carbocycles. The average Bonchev–Trinajstić information content (AvgIpc) is 3.43. The van der Waals surface area contributed by atoms with Crippen LogP contribution in [0.25, 0.3) is 72.9 Å². The van der Waals surface area contributed by atoms with E-state index in [2.05, 4.69) is 58.1 Å². The predicted octanol–water partition coefficient (Wildman–Crippen LogP) is 9.69. The summed E-state index contributed by atoms with van der Waals surface area (Å²) in [6.45, 7) is 0. The van der Waals surface area contributed by atoms with Gasteiger partial charge in [0.1, 0.15) is 5.82 Å². The fourth-order valence-electron chi connectivity index (χ4n) is 5.71. The number of halogens is 1.